The monoisotopic (exact) mass is 441 g/mol. The van der Waals surface area contributed by atoms with Crippen molar-refractivity contribution in [2.45, 2.75) is 57.8 Å². The predicted molar refractivity (Wildman–Crippen MR) is 120 cm³/mol. The smallest absolute Gasteiger partial charge is 0.286 e. The fourth-order valence-corrected chi connectivity index (χ4v) is 4.96. The molecule has 0 spiro atoms. The molecule has 164 valence electrons. The topological polar surface area (TPSA) is 84.9 Å². The minimum Gasteiger partial charge on any atom is -0.507 e. The van der Waals surface area contributed by atoms with E-state index < -0.39 is 5.60 Å². The normalized spacial score (nSPS) is 22.6. The quantitative estimate of drug-likeness (QED) is 0.717. The summed E-state index contributed by atoms with van der Waals surface area (Å²) in [6.45, 7) is 8.28. The second kappa shape index (κ2) is 8.11. The molecule has 6 nitrogen and oxygen atoms in total. The van der Waals surface area contributed by atoms with Crippen LogP contribution in [0.3, 0.4) is 0 Å². The van der Waals surface area contributed by atoms with E-state index in [0.29, 0.717) is 18.8 Å². The van der Waals surface area contributed by atoms with E-state index in [9.17, 15) is 14.7 Å². The summed E-state index contributed by atoms with van der Waals surface area (Å²) in [5.74, 6) is 1.72. The number of amides is 2. The highest BCUT2D eigenvalue weighted by Gasteiger charge is 2.35. The van der Waals surface area contributed by atoms with Gasteiger partial charge >= 0.3 is 0 Å². The third-order valence-electron chi connectivity index (χ3n) is 6.25. The lowest BCUT2D eigenvalue weighted by atomic mass is 9.87. The molecule has 0 bridgehead atoms. The minimum atomic E-state index is -0.467. The van der Waals surface area contributed by atoms with Crippen LogP contribution in [0.1, 0.15) is 41.2 Å². The lowest BCUT2D eigenvalue weighted by molar-refractivity contribution is -0.118. The van der Waals surface area contributed by atoms with Gasteiger partial charge in [-0.15, -0.1) is 0 Å². The Hall–Kier alpha value is -2.67. The highest BCUT2D eigenvalue weighted by Crippen LogP contribution is 2.43. The molecule has 2 aliphatic rings. The van der Waals surface area contributed by atoms with Gasteiger partial charge in [0.25, 0.3) is 5.24 Å². The Morgan fingerprint density at radius 2 is 1.87 bits per heavy atom. The summed E-state index contributed by atoms with van der Waals surface area (Å²) in [5, 5.41) is 12.0. The van der Waals surface area contributed by atoms with Crippen LogP contribution in [-0.4, -0.2) is 33.7 Å². The molecule has 0 radical (unpaired) electrons. The number of nitrogens with one attached hydrogen (secondary N) is 1. The standard InChI is InChI=1S/C24H27NO5S/c1-13-14(2)21-18(15(3)20(13)26)9-10-24(4,30-21)12-29-17-7-5-16(6-8-17)11-19-22(27)25-23(28)31-19/h5-8,19,26H,9-12H2,1-4H3,(H,25,27,28)/t19-,24?/m0/s1. The van der Waals surface area contributed by atoms with E-state index in [2.05, 4.69) is 5.32 Å². The molecule has 2 aromatic rings. The zero-order chi connectivity index (χ0) is 22.3. The van der Waals surface area contributed by atoms with Crippen LogP contribution in [0.5, 0.6) is 17.2 Å². The van der Waals surface area contributed by atoms with Crippen LogP contribution in [0.25, 0.3) is 0 Å². The highest BCUT2D eigenvalue weighted by molar-refractivity contribution is 8.15. The van der Waals surface area contributed by atoms with Gasteiger partial charge in [0.05, 0.1) is 5.25 Å². The lowest BCUT2D eigenvalue weighted by Gasteiger charge is -2.37. The van der Waals surface area contributed by atoms with Gasteiger partial charge in [0.15, 0.2) is 0 Å². The maximum atomic E-state index is 11.7. The van der Waals surface area contributed by atoms with E-state index in [-0.39, 0.29) is 16.4 Å². The molecule has 2 aromatic carbocycles. The fraction of sp³-hybridized carbons (Fsp3) is 0.417. The summed E-state index contributed by atoms with van der Waals surface area (Å²) in [6, 6.07) is 7.61. The van der Waals surface area contributed by atoms with Crippen LogP contribution in [-0.2, 0) is 17.6 Å². The van der Waals surface area contributed by atoms with E-state index in [1.54, 1.807) is 0 Å². The fourth-order valence-electron chi connectivity index (χ4n) is 4.10. The Labute approximate surface area is 186 Å². The first-order valence-corrected chi connectivity index (χ1v) is 11.3. The van der Waals surface area contributed by atoms with E-state index in [1.807, 2.05) is 52.0 Å². The molecule has 1 unspecified atom stereocenters. The summed E-state index contributed by atoms with van der Waals surface area (Å²) in [7, 11) is 0. The third kappa shape index (κ3) is 4.24. The number of fused-ring (bicyclic) bond motifs is 1. The summed E-state index contributed by atoms with van der Waals surface area (Å²) >= 11 is 1.04. The molecule has 2 atom stereocenters. The third-order valence-corrected chi connectivity index (χ3v) is 7.23. The lowest BCUT2D eigenvalue weighted by Crippen LogP contribution is -2.42. The molecule has 31 heavy (non-hydrogen) atoms. The number of thioether (sulfide) groups is 1. The molecule has 2 heterocycles. The molecular weight excluding hydrogens is 414 g/mol. The van der Waals surface area contributed by atoms with Gasteiger partial charge in [-0.1, -0.05) is 23.9 Å². The van der Waals surface area contributed by atoms with Crippen molar-refractivity contribution in [3.05, 3.63) is 52.1 Å². The van der Waals surface area contributed by atoms with Crippen LogP contribution >= 0.6 is 11.8 Å². The number of aromatic hydroxyl groups is 1. The maximum absolute atomic E-state index is 11.7. The van der Waals surface area contributed by atoms with Gasteiger partial charge in [-0.05, 0) is 81.3 Å². The van der Waals surface area contributed by atoms with E-state index in [1.165, 1.54) is 0 Å². The molecule has 4 rings (SSSR count). The van der Waals surface area contributed by atoms with Gasteiger partial charge in [-0.2, -0.15) is 0 Å². The molecule has 0 aliphatic carbocycles. The Morgan fingerprint density at radius 3 is 2.52 bits per heavy atom. The van der Waals surface area contributed by atoms with Gasteiger partial charge < -0.3 is 14.6 Å². The molecule has 2 N–H and O–H groups in total. The highest BCUT2D eigenvalue weighted by atomic mass is 32.2. The number of ether oxygens (including phenoxy) is 2. The summed E-state index contributed by atoms with van der Waals surface area (Å²) in [4.78, 5) is 23.0. The number of hydrogen-bond donors (Lipinski definition) is 2. The van der Waals surface area contributed by atoms with Crippen molar-refractivity contribution < 1.29 is 24.2 Å². The van der Waals surface area contributed by atoms with Gasteiger partial charge in [-0.25, -0.2) is 0 Å². The maximum Gasteiger partial charge on any atom is 0.286 e. The second-order valence-corrected chi connectivity index (χ2v) is 9.78. The molecular formula is C24H27NO5S. The first-order chi connectivity index (χ1) is 14.7. The van der Waals surface area contributed by atoms with Crippen molar-refractivity contribution in [1.82, 2.24) is 5.32 Å². The Kier molecular flexibility index (Phi) is 5.64. The summed E-state index contributed by atoms with van der Waals surface area (Å²) < 4.78 is 12.4. The van der Waals surface area contributed by atoms with Crippen LogP contribution in [0.2, 0.25) is 0 Å². The van der Waals surface area contributed by atoms with Crippen LogP contribution in [0, 0.1) is 20.8 Å². The summed E-state index contributed by atoms with van der Waals surface area (Å²) in [5.41, 5.74) is 4.31. The van der Waals surface area contributed by atoms with Crippen molar-refractivity contribution in [2.75, 3.05) is 6.61 Å². The molecule has 1 saturated heterocycles. The molecule has 2 aliphatic heterocycles. The number of carbonyl (C=O) groups is 2. The number of phenols is 1. The van der Waals surface area contributed by atoms with E-state index >= 15 is 0 Å². The SMILES string of the molecule is Cc1c(C)c2c(c(C)c1O)CCC(C)(COc1ccc(C[C@@H]3SC(=O)NC3=O)cc1)O2. The van der Waals surface area contributed by atoms with Gasteiger partial charge in [-0.3, -0.25) is 14.9 Å². The Balaban J connectivity index is 1.41. The van der Waals surface area contributed by atoms with Gasteiger partial charge in [0.2, 0.25) is 5.91 Å². The molecule has 2 amide bonds. The predicted octanol–water partition coefficient (Wildman–Crippen LogP) is 4.37. The molecule has 7 heteroatoms. The average Bonchev–Trinajstić information content (AvgIpc) is 3.06. The van der Waals surface area contributed by atoms with Crippen LogP contribution in [0.15, 0.2) is 24.3 Å². The molecule has 0 aromatic heterocycles. The molecule has 1 fully saturated rings. The number of phenolic OH excluding ortho intramolecular Hbond substituents is 1. The Bertz CT molecular complexity index is 1050. The summed E-state index contributed by atoms with van der Waals surface area (Å²) in [6.07, 6.45) is 2.13. The van der Waals surface area contributed by atoms with Crippen molar-refractivity contribution in [2.24, 2.45) is 0 Å². The van der Waals surface area contributed by atoms with Gasteiger partial charge in [0.1, 0.15) is 29.5 Å². The largest absolute Gasteiger partial charge is 0.507 e. The van der Waals surface area contributed by atoms with Crippen molar-refractivity contribution >= 4 is 22.9 Å². The van der Waals surface area contributed by atoms with E-state index in [0.717, 1.165) is 63.9 Å². The zero-order valence-electron chi connectivity index (χ0n) is 18.2. The van der Waals surface area contributed by atoms with Crippen LogP contribution < -0.4 is 14.8 Å². The number of hydrogen-bond acceptors (Lipinski definition) is 6. The minimum absolute atomic E-state index is 0.230. The average molecular weight is 442 g/mol. The van der Waals surface area contributed by atoms with Gasteiger partial charge in [0, 0.05) is 5.56 Å². The first-order valence-electron chi connectivity index (χ1n) is 10.4. The van der Waals surface area contributed by atoms with E-state index in [4.69, 9.17) is 9.47 Å². The number of rotatable bonds is 5. The second-order valence-electron chi connectivity index (χ2n) is 8.60. The first kappa shape index (κ1) is 21.6. The van der Waals surface area contributed by atoms with Crippen molar-refractivity contribution in [1.29, 1.82) is 0 Å². The van der Waals surface area contributed by atoms with Crippen LogP contribution in [0.4, 0.5) is 4.79 Å². The Morgan fingerprint density at radius 1 is 1.16 bits per heavy atom. The van der Waals surface area contributed by atoms with Crippen molar-refractivity contribution in [3.63, 3.8) is 0 Å². The number of carbonyl (C=O) groups excluding carboxylic acids is 2. The number of imide groups is 1. The zero-order valence-corrected chi connectivity index (χ0v) is 19.0. The number of benzene rings is 2. The molecule has 0 saturated carbocycles. The van der Waals surface area contributed by atoms with Crippen molar-refractivity contribution in [3.8, 4) is 17.2 Å².